The summed E-state index contributed by atoms with van der Waals surface area (Å²) in [6.45, 7) is 4.10. The molecular formula is C20H19ClF2N4O4S2. The van der Waals surface area contributed by atoms with E-state index in [2.05, 4.69) is 14.7 Å². The van der Waals surface area contributed by atoms with E-state index in [0.717, 1.165) is 23.4 Å². The van der Waals surface area contributed by atoms with Crippen molar-refractivity contribution in [2.24, 2.45) is 0 Å². The second-order valence-electron chi connectivity index (χ2n) is 7.92. The van der Waals surface area contributed by atoms with Crippen LogP contribution in [0.2, 0.25) is 5.02 Å². The molecule has 3 aromatic rings. The lowest BCUT2D eigenvalue weighted by atomic mass is 9.98. The molecule has 0 amide bonds. The fourth-order valence-electron chi connectivity index (χ4n) is 3.25. The summed E-state index contributed by atoms with van der Waals surface area (Å²) in [5.41, 5.74) is 0.348. The maximum atomic E-state index is 14.8. The van der Waals surface area contributed by atoms with E-state index in [-0.39, 0.29) is 11.7 Å². The number of nitrogens with one attached hydrogen (secondary N) is 2. The third-order valence-electron chi connectivity index (χ3n) is 4.76. The molecule has 2 N–H and O–H groups in total. The van der Waals surface area contributed by atoms with Crippen molar-refractivity contribution in [3.63, 3.8) is 0 Å². The third-order valence-corrected chi connectivity index (χ3v) is 7.07. The predicted molar refractivity (Wildman–Crippen MR) is 119 cm³/mol. The van der Waals surface area contributed by atoms with Gasteiger partial charge in [0, 0.05) is 34.2 Å². The molecule has 4 rings (SSSR count). The number of halogens is 3. The third kappa shape index (κ3) is 5.41. The number of hydrogen-bond donors (Lipinski definition) is 2. The van der Waals surface area contributed by atoms with E-state index in [0.29, 0.717) is 17.2 Å². The zero-order chi connectivity index (χ0) is 23.8. The van der Waals surface area contributed by atoms with E-state index >= 15 is 0 Å². The maximum Gasteiger partial charge on any atom is 0.266 e. The van der Waals surface area contributed by atoms with Gasteiger partial charge in [-0.1, -0.05) is 23.7 Å². The summed E-state index contributed by atoms with van der Waals surface area (Å²) in [6, 6.07) is 7.62. The number of aromatic nitrogens is 2. The summed E-state index contributed by atoms with van der Waals surface area (Å²) >= 11 is 6.73. The molecule has 2 unspecified atom stereocenters. The van der Waals surface area contributed by atoms with Crippen molar-refractivity contribution in [2.75, 3.05) is 11.3 Å². The first-order valence-electron chi connectivity index (χ1n) is 9.64. The average Bonchev–Trinajstić information content (AvgIpc) is 3.24. The van der Waals surface area contributed by atoms with Gasteiger partial charge in [0.2, 0.25) is 11.4 Å². The largest absolute Gasteiger partial charge is 0.460 e. The summed E-state index contributed by atoms with van der Waals surface area (Å²) in [5, 5.41) is 3.83. The Balaban J connectivity index is 1.61. The van der Waals surface area contributed by atoms with Crippen LogP contribution in [0, 0.1) is 11.6 Å². The smallest absolute Gasteiger partial charge is 0.266 e. The zero-order valence-electron chi connectivity index (χ0n) is 17.4. The van der Waals surface area contributed by atoms with Gasteiger partial charge in [0.25, 0.3) is 10.0 Å². The normalized spacial score (nSPS) is 20.4. The number of rotatable bonds is 6. The summed E-state index contributed by atoms with van der Waals surface area (Å²) in [5.74, 6) is -2.76. The van der Waals surface area contributed by atoms with Crippen LogP contribution in [0.25, 0.3) is 0 Å². The van der Waals surface area contributed by atoms with Crippen LogP contribution in [-0.2, 0) is 14.8 Å². The van der Waals surface area contributed by atoms with Gasteiger partial charge in [0.1, 0.15) is 17.0 Å². The zero-order valence-corrected chi connectivity index (χ0v) is 19.8. The van der Waals surface area contributed by atoms with Gasteiger partial charge in [0.15, 0.2) is 11.6 Å². The lowest BCUT2D eigenvalue weighted by Gasteiger charge is -2.42. The Morgan fingerprint density at radius 2 is 1.97 bits per heavy atom. The molecule has 2 atom stereocenters. The van der Waals surface area contributed by atoms with Gasteiger partial charge >= 0.3 is 0 Å². The van der Waals surface area contributed by atoms with Gasteiger partial charge in [0.05, 0.1) is 12.6 Å². The van der Waals surface area contributed by atoms with Gasteiger partial charge in [-0.25, -0.2) is 22.2 Å². The first kappa shape index (κ1) is 23.8. The molecule has 33 heavy (non-hydrogen) atoms. The molecule has 1 aliphatic heterocycles. The average molecular weight is 517 g/mol. The van der Waals surface area contributed by atoms with Crippen molar-refractivity contribution >= 4 is 38.3 Å². The Hall–Kier alpha value is -2.38. The van der Waals surface area contributed by atoms with Crippen molar-refractivity contribution in [3.8, 4) is 5.75 Å². The minimum absolute atomic E-state index is 0.0785. The van der Waals surface area contributed by atoms with E-state index in [1.165, 1.54) is 0 Å². The number of benzene rings is 2. The second kappa shape index (κ2) is 9.11. The quantitative estimate of drug-likeness (QED) is 0.508. The number of anilines is 1. The fourth-order valence-corrected chi connectivity index (χ4v) is 5.11. The molecule has 2 aromatic carbocycles. The highest BCUT2D eigenvalue weighted by Crippen LogP contribution is 2.33. The predicted octanol–water partition coefficient (Wildman–Crippen LogP) is 4.12. The monoisotopic (exact) mass is 516 g/mol. The van der Waals surface area contributed by atoms with Crippen LogP contribution < -0.4 is 14.8 Å². The molecule has 0 aliphatic carbocycles. The molecule has 0 saturated carbocycles. The molecular weight excluding hydrogens is 498 g/mol. The highest BCUT2D eigenvalue weighted by molar-refractivity contribution is 7.93. The Labute approximate surface area is 198 Å². The molecule has 13 heteroatoms. The Kier molecular flexibility index (Phi) is 6.56. The summed E-state index contributed by atoms with van der Waals surface area (Å²) in [7, 11) is -4.43. The molecule has 176 valence electrons. The van der Waals surface area contributed by atoms with Crippen LogP contribution in [0.1, 0.15) is 25.5 Å². The van der Waals surface area contributed by atoms with Crippen molar-refractivity contribution in [1.82, 2.24) is 14.7 Å². The standard InChI is InChI=1S/C20H19ClF2N4O4S2/c1-20(2)9-30-18(17(26-20)11-3-5-12(21)6-4-11)31-15-7-14(23)16(8-13(15)22)33(28,29)27-19-24-10-25-32-19/h3-8,10,17-18,26H,9H2,1-2H3,(H,24,25,27). The number of sulfonamides is 1. The van der Waals surface area contributed by atoms with Crippen molar-refractivity contribution in [3.05, 3.63) is 64.9 Å². The molecule has 1 aromatic heterocycles. The molecule has 1 aliphatic rings. The van der Waals surface area contributed by atoms with Crippen LogP contribution in [0.4, 0.5) is 13.9 Å². The van der Waals surface area contributed by atoms with Gasteiger partial charge in [-0.2, -0.15) is 4.37 Å². The topological polar surface area (TPSA) is 102 Å². The van der Waals surface area contributed by atoms with Crippen LogP contribution >= 0.6 is 23.1 Å². The van der Waals surface area contributed by atoms with E-state index in [9.17, 15) is 17.2 Å². The molecule has 8 nitrogen and oxygen atoms in total. The van der Waals surface area contributed by atoms with Gasteiger partial charge < -0.3 is 9.47 Å². The molecule has 1 fully saturated rings. The minimum atomic E-state index is -4.43. The Morgan fingerprint density at radius 1 is 1.24 bits per heavy atom. The van der Waals surface area contributed by atoms with Crippen molar-refractivity contribution < 1.29 is 26.7 Å². The number of hydrogen-bond acceptors (Lipinski definition) is 8. The minimum Gasteiger partial charge on any atom is -0.460 e. The van der Waals surface area contributed by atoms with E-state index in [1.807, 2.05) is 18.6 Å². The van der Waals surface area contributed by atoms with Gasteiger partial charge in [-0.05, 0) is 31.5 Å². The number of nitrogens with zero attached hydrogens (tertiary/aromatic N) is 2. The maximum absolute atomic E-state index is 14.8. The molecule has 0 radical (unpaired) electrons. The molecule has 0 spiro atoms. The first-order chi connectivity index (χ1) is 15.5. The summed E-state index contributed by atoms with van der Waals surface area (Å²) in [4.78, 5) is 2.78. The van der Waals surface area contributed by atoms with E-state index < -0.39 is 50.2 Å². The Morgan fingerprint density at radius 3 is 2.64 bits per heavy atom. The SMILES string of the molecule is CC1(C)COC(Oc2cc(F)c(S(=O)(=O)Nc3ncns3)cc2F)C(c2ccc(Cl)cc2)N1. The van der Waals surface area contributed by atoms with Gasteiger partial charge in [-0.3, -0.25) is 10.0 Å². The lowest BCUT2D eigenvalue weighted by Crippen LogP contribution is -2.56. The summed E-state index contributed by atoms with van der Waals surface area (Å²) < 4.78 is 71.6. The van der Waals surface area contributed by atoms with Crippen LogP contribution in [-0.4, -0.2) is 36.2 Å². The summed E-state index contributed by atoms with van der Waals surface area (Å²) in [6.07, 6.45) is 0.113. The van der Waals surface area contributed by atoms with Gasteiger partial charge in [-0.15, -0.1) is 0 Å². The van der Waals surface area contributed by atoms with E-state index in [4.69, 9.17) is 21.1 Å². The van der Waals surface area contributed by atoms with Crippen molar-refractivity contribution in [1.29, 1.82) is 0 Å². The van der Waals surface area contributed by atoms with Crippen LogP contribution in [0.3, 0.4) is 0 Å². The highest BCUT2D eigenvalue weighted by Gasteiger charge is 2.38. The molecule has 2 heterocycles. The van der Waals surface area contributed by atoms with Crippen molar-refractivity contribution in [2.45, 2.75) is 36.6 Å². The highest BCUT2D eigenvalue weighted by atomic mass is 35.5. The molecule has 0 bridgehead atoms. The Bertz CT molecular complexity index is 1240. The first-order valence-corrected chi connectivity index (χ1v) is 12.3. The fraction of sp³-hybridized carbons (Fsp3) is 0.300. The number of morpholine rings is 1. The number of ether oxygens (including phenoxy) is 2. The molecule has 1 saturated heterocycles. The van der Waals surface area contributed by atoms with Crippen LogP contribution in [0.5, 0.6) is 5.75 Å². The van der Waals surface area contributed by atoms with Crippen LogP contribution in [0.15, 0.2) is 47.6 Å². The van der Waals surface area contributed by atoms with E-state index in [1.54, 1.807) is 24.3 Å². The lowest BCUT2D eigenvalue weighted by molar-refractivity contribution is -0.153. The second-order valence-corrected chi connectivity index (χ2v) is 10.8.